The first-order chi connectivity index (χ1) is 5.33. The number of hydrogen-bond donors (Lipinski definition) is 2. The monoisotopic (exact) mass is 157 g/mol. The second-order valence-corrected chi connectivity index (χ2v) is 3.63. The topological polar surface area (TPSA) is 46.2 Å². The molecular formula is C9H19NO. The van der Waals surface area contributed by atoms with Crippen LogP contribution in [0.3, 0.4) is 0 Å². The molecule has 1 fully saturated rings. The third-order valence-electron chi connectivity index (χ3n) is 2.60. The van der Waals surface area contributed by atoms with Gasteiger partial charge in [-0.3, -0.25) is 0 Å². The molecule has 2 heteroatoms. The fourth-order valence-electron chi connectivity index (χ4n) is 1.90. The molecule has 0 aliphatic heterocycles. The summed E-state index contributed by atoms with van der Waals surface area (Å²) in [5, 5.41) is 9.29. The van der Waals surface area contributed by atoms with Crippen LogP contribution in [-0.2, 0) is 0 Å². The maximum atomic E-state index is 9.29. The highest BCUT2D eigenvalue weighted by molar-refractivity contribution is 4.69. The van der Waals surface area contributed by atoms with Crippen LogP contribution in [0.1, 0.15) is 38.5 Å². The van der Waals surface area contributed by atoms with Crippen LogP contribution >= 0.6 is 0 Å². The Hall–Kier alpha value is -0.0800. The summed E-state index contributed by atoms with van der Waals surface area (Å²) in [4.78, 5) is 0. The van der Waals surface area contributed by atoms with E-state index in [2.05, 4.69) is 0 Å². The third-order valence-corrected chi connectivity index (χ3v) is 2.60. The van der Waals surface area contributed by atoms with Crippen molar-refractivity contribution < 1.29 is 5.11 Å². The van der Waals surface area contributed by atoms with Gasteiger partial charge in [-0.05, 0) is 12.3 Å². The van der Waals surface area contributed by atoms with Crippen LogP contribution in [-0.4, -0.2) is 17.8 Å². The molecule has 0 saturated heterocycles. The summed E-state index contributed by atoms with van der Waals surface area (Å²) in [6, 6.07) is 0. The van der Waals surface area contributed by atoms with Gasteiger partial charge in [-0.1, -0.05) is 32.1 Å². The predicted molar refractivity (Wildman–Crippen MR) is 46.3 cm³/mol. The van der Waals surface area contributed by atoms with Crippen molar-refractivity contribution in [1.82, 2.24) is 0 Å². The second-order valence-electron chi connectivity index (χ2n) is 3.63. The van der Waals surface area contributed by atoms with E-state index < -0.39 is 0 Å². The number of rotatable bonds is 3. The Morgan fingerprint density at radius 3 is 2.45 bits per heavy atom. The first-order valence-corrected chi connectivity index (χ1v) is 4.71. The summed E-state index contributed by atoms with van der Waals surface area (Å²) in [7, 11) is 0. The zero-order valence-corrected chi connectivity index (χ0v) is 7.13. The normalized spacial score (nSPS) is 23.5. The molecule has 11 heavy (non-hydrogen) atoms. The van der Waals surface area contributed by atoms with Crippen molar-refractivity contribution in [2.75, 3.05) is 6.54 Å². The van der Waals surface area contributed by atoms with Gasteiger partial charge in [-0.2, -0.15) is 0 Å². The molecule has 1 saturated carbocycles. The summed E-state index contributed by atoms with van der Waals surface area (Å²) in [6.07, 6.45) is 7.36. The molecule has 1 atom stereocenters. The van der Waals surface area contributed by atoms with Gasteiger partial charge in [-0.15, -0.1) is 0 Å². The van der Waals surface area contributed by atoms with Gasteiger partial charge in [0.05, 0.1) is 6.10 Å². The van der Waals surface area contributed by atoms with Crippen LogP contribution in [0.25, 0.3) is 0 Å². The Morgan fingerprint density at radius 2 is 1.91 bits per heavy atom. The molecule has 1 unspecified atom stereocenters. The largest absolute Gasteiger partial charge is 0.392 e. The Morgan fingerprint density at radius 1 is 1.27 bits per heavy atom. The summed E-state index contributed by atoms with van der Waals surface area (Å²) >= 11 is 0. The highest BCUT2D eigenvalue weighted by Gasteiger charge is 2.16. The smallest absolute Gasteiger partial charge is 0.0665 e. The lowest BCUT2D eigenvalue weighted by Gasteiger charge is -2.23. The maximum absolute atomic E-state index is 9.29. The summed E-state index contributed by atoms with van der Waals surface area (Å²) < 4.78 is 0. The molecule has 0 heterocycles. The van der Waals surface area contributed by atoms with Crippen molar-refractivity contribution in [3.05, 3.63) is 0 Å². The second kappa shape index (κ2) is 4.73. The Labute approximate surface area is 68.8 Å². The van der Waals surface area contributed by atoms with E-state index in [1.54, 1.807) is 0 Å². The van der Waals surface area contributed by atoms with Crippen LogP contribution in [0.4, 0.5) is 0 Å². The average Bonchev–Trinajstić information content (AvgIpc) is 2.06. The lowest BCUT2D eigenvalue weighted by atomic mass is 9.85. The van der Waals surface area contributed by atoms with Crippen LogP contribution < -0.4 is 5.73 Å². The fraction of sp³-hybridized carbons (Fsp3) is 1.00. The number of nitrogens with two attached hydrogens (primary N) is 1. The van der Waals surface area contributed by atoms with Crippen LogP contribution in [0.2, 0.25) is 0 Å². The van der Waals surface area contributed by atoms with Gasteiger partial charge >= 0.3 is 0 Å². The van der Waals surface area contributed by atoms with Gasteiger partial charge in [0.1, 0.15) is 0 Å². The van der Waals surface area contributed by atoms with Crippen LogP contribution in [0.5, 0.6) is 0 Å². The van der Waals surface area contributed by atoms with Gasteiger partial charge in [-0.25, -0.2) is 0 Å². The first-order valence-electron chi connectivity index (χ1n) is 4.71. The van der Waals surface area contributed by atoms with E-state index >= 15 is 0 Å². The van der Waals surface area contributed by atoms with E-state index in [9.17, 15) is 5.11 Å². The maximum Gasteiger partial charge on any atom is 0.0665 e. The van der Waals surface area contributed by atoms with Crippen molar-refractivity contribution in [2.45, 2.75) is 44.6 Å². The van der Waals surface area contributed by atoms with E-state index in [1.165, 1.54) is 32.1 Å². The number of aliphatic hydroxyl groups excluding tert-OH is 1. The predicted octanol–water partition coefficient (Wildman–Crippen LogP) is 1.28. The lowest BCUT2D eigenvalue weighted by Crippen LogP contribution is -2.23. The van der Waals surface area contributed by atoms with E-state index in [1.807, 2.05) is 0 Å². The molecule has 2 nitrogen and oxygen atoms in total. The average molecular weight is 157 g/mol. The Balaban J connectivity index is 2.13. The minimum atomic E-state index is -0.252. The first kappa shape index (κ1) is 9.01. The molecule has 3 N–H and O–H groups in total. The molecule has 1 rings (SSSR count). The summed E-state index contributed by atoms with van der Waals surface area (Å²) in [5.41, 5.74) is 5.34. The summed E-state index contributed by atoms with van der Waals surface area (Å²) in [6.45, 7) is 0.427. The van der Waals surface area contributed by atoms with Gasteiger partial charge in [0, 0.05) is 6.54 Å². The van der Waals surface area contributed by atoms with E-state index in [4.69, 9.17) is 5.73 Å². The molecule has 0 aromatic carbocycles. The number of hydrogen-bond acceptors (Lipinski definition) is 2. The van der Waals surface area contributed by atoms with Crippen molar-refractivity contribution in [1.29, 1.82) is 0 Å². The Bertz CT molecular complexity index is 99.7. The van der Waals surface area contributed by atoms with Crippen molar-refractivity contribution in [2.24, 2.45) is 11.7 Å². The van der Waals surface area contributed by atoms with Gasteiger partial charge in [0.15, 0.2) is 0 Å². The zero-order chi connectivity index (χ0) is 8.10. The molecule has 1 aliphatic rings. The van der Waals surface area contributed by atoms with Crippen LogP contribution in [0.15, 0.2) is 0 Å². The molecular weight excluding hydrogens is 138 g/mol. The van der Waals surface area contributed by atoms with Crippen molar-refractivity contribution in [3.63, 3.8) is 0 Å². The third kappa shape index (κ3) is 3.21. The highest BCUT2D eigenvalue weighted by Crippen LogP contribution is 2.26. The molecule has 0 radical (unpaired) electrons. The zero-order valence-electron chi connectivity index (χ0n) is 7.13. The minimum absolute atomic E-state index is 0.252. The van der Waals surface area contributed by atoms with Gasteiger partial charge < -0.3 is 10.8 Å². The fourth-order valence-corrected chi connectivity index (χ4v) is 1.90. The van der Waals surface area contributed by atoms with E-state index in [-0.39, 0.29) is 6.10 Å². The van der Waals surface area contributed by atoms with Crippen molar-refractivity contribution >= 4 is 0 Å². The molecule has 66 valence electrons. The molecule has 0 aromatic rings. The summed E-state index contributed by atoms with van der Waals surface area (Å²) in [5.74, 6) is 0.752. The quantitative estimate of drug-likeness (QED) is 0.648. The molecule has 0 amide bonds. The molecule has 0 spiro atoms. The lowest BCUT2D eigenvalue weighted by molar-refractivity contribution is 0.137. The molecule has 1 aliphatic carbocycles. The molecule has 0 bridgehead atoms. The Kier molecular flexibility index (Phi) is 3.87. The van der Waals surface area contributed by atoms with E-state index in [0.29, 0.717) is 6.54 Å². The van der Waals surface area contributed by atoms with Crippen molar-refractivity contribution in [3.8, 4) is 0 Å². The van der Waals surface area contributed by atoms with Gasteiger partial charge in [0.2, 0.25) is 0 Å². The highest BCUT2D eigenvalue weighted by atomic mass is 16.3. The van der Waals surface area contributed by atoms with Crippen LogP contribution in [0, 0.1) is 5.92 Å². The standard InChI is InChI=1S/C9H19NO/c10-7-9(11)6-8-4-2-1-3-5-8/h8-9,11H,1-7,10H2. The van der Waals surface area contributed by atoms with E-state index in [0.717, 1.165) is 12.3 Å². The molecule has 0 aromatic heterocycles. The van der Waals surface area contributed by atoms with Gasteiger partial charge in [0.25, 0.3) is 0 Å². The SMILES string of the molecule is NCC(O)CC1CCCCC1. The minimum Gasteiger partial charge on any atom is -0.392 e. The number of aliphatic hydroxyl groups is 1.